The zero-order valence-corrected chi connectivity index (χ0v) is 15.6. The molecule has 7 heteroatoms. The molecule has 2 atom stereocenters. The fourth-order valence-electron chi connectivity index (χ4n) is 3.53. The molecule has 0 saturated carbocycles. The zero-order chi connectivity index (χ0) is 19.8. The van der Waals surface area contributed by atoms with E-state index < -0.39 is 0 Å². The summed E-state index contributed by atoms with van der Waals surface area (Å²) in [6.07, 6.45) is 8.55. The minimum absolute atomic E-state index is 0.250. The van der Waals surface area contributed by atoms with Crippen LogP contribution in [0.25, 0.3) is 11.4 Å². The molecule has 3 heterocycles. The van der Waals surface area contributed by atoms with Crippen molar-refractivity contribution < 1.29 is 19.4 Å². The Morgan fingerprint density at radius 2 is 1.96 bits per heavy atom. The molecule has 0 aliphatic carbocycles. The lowest BCUT2D eigenvalue weighted by molar-refractivity contribution is -0.122. The van der Waals surface area contributed by atoms with Crippen LogP contribution in [0.1, 0.15) is 11.6 Å². The maximum atomic E-state index is 8.36. The van der Waals surface area contributed by atoms with E-state index in [2.05, 4.69) is 26.7 Å². The number of carboxylic acid groups (broad SMARTS) is 1. The second-order valence-electron chi connectivity index (χ2n) is 6.39. The van der Waals surface area contributed by atoms with Crippen molar-refractivity contribution in [2.75, 3.05) is 20.3 Å². The van der Waals surface area contributed by atoms with Crippen LogP contribution >= 0.6 is 0 Å². The number of para-hydroxylation sites is 1. The molecule has 1 aliphatic rings. The molecule has 1 N–H and O–H groups in total. The average Bonchev–Trinajstić information content (AvgIpc) is 3.38. The van der Waals surface area contributed by atoms with Gasteiger partial charge in [-0.05, 0) is 36.2 Å². The van der Waals surface area contributed by atoms with Crippen LogP contribution in [-0.4, -0.2) is 46.4 Å². The zero-order valence-electron chi connectivity index (χ0n) is 15.6. The van der Waals surface area contributed by atoms with Gasteiger partial charge in [-0.15, -0.1) is 0 Å². The van der Waals surface area contributed by atoms with Crippen LogP contribution < -0.4 is 4.74 Å². The molecule has 1 aliphatic heterocycles. The third-order valence-electron chi connectivity index (χ3n) is 4.79. The summed E-state index contributed by atoms with van der Waals surface area (Å²) in [5.74, 6) is 2.16. The van der Waals surface area contributed by atoms with Crippen molar-refractivity contribution in [1.82, 2.24) is 14.5 Å². The number of rotatable bonds is 5. The highest BCUT2D eigenvalue weighted by atomic mass is 16.5. The number of aromatic nitrogens is 3. The molecule has 7 nitrogen and oxygen atoms in total. The third-order valence-corrected chi connectivity index (χ3v) is 4.79. The smallest absolute Gasteiger partial charge is 0.290 e. The van der Waals surface area contributed by atoms with Gasteiger partial charge in [0.05, 0.1) is 31.9 Å². The minimum atomic E-state index is -0.250. The summed E-state index contributed by atoms with van der Waals surface area (Å²) < 4.78 is 13.6. The molecule has 1 saturated heterocycles. The highest BCUT2D eigenvalue weighted by Crippen LogP contribution is 2.35. The van der Waals surface area contributed by atoms with Crippen molar-refractivity contribution in [2.24, 2.45) is 5.92 Å². The maximum absolute atomic E-state index is 8.36. The lowest BCUT2D eigenvalue weighted by atomic mass is 9.95. The van der Waals surface area contributed by atoms with E-state index in [1.807, 2.05) is 49.1 Å². The Kier molecular flexibility index (Phi) is 6.75. The number of hydrogen-bond acceptors (Lipinski definition) is 5. The van der Waals surface area contributed by atoms with E-state index in [0.717, 1.165) is 30.2 Å². The van der Waals surface area contributed by atoms with Gasteiger partial charge in [0, 0.05) is 30.7 Å². The highest BCUT2D eigenvalue weighted by molar-refractivity contribution is 5.64. The number of ether oxygens (including phenoxy) is 2. The summed E-state index contributed by atoms with van der Waals surface area (Å²) in [5, 5.41) is 6.89. The highest BCUT2D eigenvalue weighted by Gasteiger charge is 2.31. The summed E-state index contributed by atoms with van der Waals surface area (Å²) in [5.41, 5.74) is 2.29. The Bertz CT molecular complexity index is 882. The van der Waals surface area contributed by atoms with Crippen LogP contribution in [0.3, 0.4) is 0 Å². The van der Waals surface area contributed by atoms with Crippen molar-refractivity contribution in [3.63, 3.8) is 0 Å². The molecule has 1 aromatic carbocycles. The molecule has 28 heavy (non-hydrogen) atoms. The Balaban J connectivity index is 0.000000706. The van der Waals surface area contributed by atoms with Crippen molar-refractivity contribution in [2.45, 2.75) is 12.5 Å². The van der Waals surface area contributed by atoms with Gasteiger partial charge in [-0.3, -0.25) is 9.78 Å². The number of carbonyl (C=O) groups is 1. The van der Waals surface area contributed by atoms with Gasteiger partial charge in [0.2, 0.25) is 0 Å². The van der Waals surface area contributed by atoms with E-state index >= 15 is 0 Å². The molecule has 2 aromatic heterocycles. The van der Waals surface area contributed by atoms with E-state index in [4.69, 9.17) is 19.4 Å². The number of imidazole rings is 1. The SMILES string of the molecule is COc1ccccc1-c1nccn1[C@@H]1COC[C@H]1Cc1ccncc1.O=CO. The normalized spacial score (nSPS) is 18.2. The van der Waals surface area contributed by atoms with Gasteiger partial charge in [0.1, 0.15) is 11.6 Å². The Hall–Kier alpha value is -3.19. The molecule has 0 bridgehead atoms. The molecule has 0 amide bonds. The lowest BCUT2D eigenvalue weighted by Crippen LogP contribution is -2.20. The standard InChI is InChI=1S/C20H21N3O2.CH2O2/c1-24-19-5-3-2-4-17(19)20-22-10-11-23(20)18-14-25-13-16(18)12-15-6-8-21-9-7-15;2-1-3/h2-11,16,18H,12-14H2,1H3;1H,(H,2,3)/t16-,18-;/m1./s1. The van der Waals surface area contributed by atoms with E-state index in [1.165, 1.54) is 5.56 Å². The van der Waals surface area contributed by atoms with Crippen LogP contribution in [0.4, 0.5) is 0 Å². The quantitative estimate of drug-likeness (QED) is 0.684. The Morgan fingerprint density at radius 1 is 1.21 bits per heavy atom. The maximum Gasteiger partial charge on any atom is 0.290 e. The number of pyridine rings is 1. The summed E-state index contributed by atoms with van der Waals surface area (Å²) in [6.45, 7) is 1.21. The fraction of sp³-hybridized carbons (Fsp3) is 0.286. The molecule has 1 fully saturated rings. The van der Waals surface area contributed by atoms with Gasteiger partial charge in [-0.1, -0.05) is 12.1 Å². The van der Waals surface area contributed by atoms with Crippen molar-refractivity contribution in [1.29, 1.82) is 0 Å². The fourth-order valence-corrected chi connectivity index (χ4v) is 3.53. The Labute approximate surface area is 163 Å². The van der Waals surface area contributed by atoms with E-state index in [0.29, 0.717) is 12.5 Å². The second-order valence-corrected chi connectivity index (χ2v) is 6.39. The predicted molar refractivity (Wildman–Crippen MR) is 104 cm³/mol. The summed E-state index contributed by atoms with van der Waals surface area (Å²) in [4.78, 5) is 17.1. The first-order valence-electron chi connectivity index (χ1n) is 8.99. The molecule has 0 unspecified atom stereocenters. The molecule has 4 rings (SSSR count). The first-order valence-corrected chi connectivity index (χ1v) is 8.99. The second kappa shape index (κ2) is 9.66. The van der Waals surface area contributed by atoms with Gasteiger partial charge < -0.3 is 19.1 Å². The number of benzene rings is 1. The van der Waals surface area contributed by atoms with Crippen molar-refractivity contribution in [3.8, 4) is 17.1 Å². The third kappa shape index (κ3) is 4.37. The van der Waals surface area contributed by atoms with Crippen LogP contribution in [0, 0.1) is 5.92 Å². The van der Waals surface area contributed by atoms with Crippen molar-refractivity contribution >= 4 is 6.47 Å². The van der Waals surface area contributed by atoms with Gasteiger partial charge in [-0.25, -0.2) is 4.98 Å². The first-order chi connectivity index (χ1) is 13.8. The average molecular weight is 381 g/mol. The lowest BCUT2D eigenvalue weighted by Gasteiger charge is -2.22. The van der Waals surface area contributed by atoms with Gasteiger partial charge in [0.15, 0.2) is 0 Å². The largest absolute Gasteiger partial charge is 0.496 e. The van der Waals surface area contributed by atoms with Crippen LogP contribution in [0.2, 0.25) is 0 Å². The molecule has 0 spiro atoms. The van der Waals surface area contributed by atoms with Gasteiger partial charge >= 0.3 is 0 Å². The number of hydrogen-bond donors (Lipinski definition) is 1. The predicted octanol–water partition coefficient (Wildman–Crippen LogP) is 3.08. The van der Waals surface area contributed by atoms with E-state index in [1.54, 1.807) is 7.11 Å². The van der Waals surface area contributed by atoms with E-state index in [-0.39, 0.29) is 12.5 Å². The Morgan fingerprint density at radius 3 is 2.71 bits per heavy atom. The van der Waals surface area contributed by atoms with Gasteiger partial charge in [-0.2, -0.15) is 0 Å². The summed E-state index contributed by atoms with van der Waals surface area (Å²) in [6, 6.07) is 12.4. The molecule has 146 valence electrons. The number of methoxy groups -OCH3 is 1. The molecular weight excluding hydrogens is 358 g/mol. The van der Waals surface area contributed by atoms with Crippen LogP contribution in [-0.2, 0) is 16.0 Å². The summed E-state index contributed by atoms with van der Waals surface area (Å²) >= 11 is 0. The topological polar surface area (TPSA) is 86.5 Å². The molecule has 3 aromatic rings. The molecular formula is C21H23N3O4. The van der Waals surface area contributed by atoms with Crippen LogP contribution in [0.15, 0.2) is 61.2 Å². The van der Waals surface area contributed by atoms with Crippen LogP contribution in [0.5, 0.6) is 5.75 Å². The van der Waals surface area contributed by atoms with Crippen molar-refractivity contribution in [3.05, 3.63) is 66.7 Å². The monoisotopic (exact) mass is 381 g/mol. The minimum Gasteiger partial charge on any atom is -0.496 e. The summed E-state index contributed by atoms with van der Waals surface area (Å²) in [7, 11) is 1.69. The molecule has 0 radical (unpaired) electrons. The number of nitrogens with zero attached hydrogens (tertiary/aromatic N) is 3. The van der Waals surface area contributed by atoms with Gasteiger partial charge in [0.25, 0.3) is 6.47 Å². The van der Waals surface area contributed by atoms with E-state index in [9.17, 15) is 0 Å². The first kappa shape index (κ1) is 19.6.